The zero-order chi connectivity index (χ0) is 12.1. The highest BCUT2D eigenvalue weighted by Gasteiger charge is 2.15. The lowest BCUT2D eigenvalue weighted by atomic mass is 10.3. The van der Waals surface area contributed by atoms with Gasteiger partial charge >= 0.3 is 0 Å². The number of aromatic nitrogens is 2. The van der Waals surface area contributed by atoms with Gasteiger partial charge in [-0.15, -0.1) is 0 Å². The number of nitrogens with zero attached hydrogens (tertiary/aromatic N) is 4. The van der Waals surface area contributed by atoms with Crippen LogP contribution in [-0.2, 0) is 0 Å². The maximum absolute atomic E-state index is 4.65. The van der Waals surface area contributed by atoms with Gasteiger partial charge in [-0.2, -0.15) is 4.98 Å². The average Bonchev–Trinajstić information content (AvgIpc) is 2.90. The van der Waals surface area contributed by atoms with Crippen molar-refractivity contribution in [3.8, 4) is 0 Å². The molecule has 1 aliphatic rings. The van der Waals surface area contributed by atoms with Crippen molar-refractivity contribution in [2.45, 2.75) is 32.6 Å². The quantitative estimate of drug-likeness (QED) is 0.782. The minimum Gasteiger partial charge on any atom is -0.360 e. The fraction of sp³-hybridized carbons (Fsp3) is 0.692. The normalized spacial score (nSPS) is 15.3. The van der Waals surface area contributed by atoms with Crippen LogP contribution in [0.15, 0.2) is 12.3 Å². The third kappa shape index (κ3) is 3.08. The first-order chi connectivity index (χ1) is 8.31. The lowest BCUT2D eigenvalue weighted by Crippen LogP contribution is -2.24. The van der Waals surface area contributed by atoms with Gasteiger partial charge in [0.2, 0.25) is 5.95 Å². The summed E-state index contributed by atoms with van der Waals surface area (Å²) in [6, 6.07) is 2.00. The summed E-state index contributed by atoms with van der Waals surface area (Å²) < 4.78 is 0. The summed E-state index contributed by atoms with van der Waals surface area (Å²) in [7, 11) is 2.10. The number of anilines is 2. The maximum atomic E-state index is 4.65. The topological polar surface area (TPSA) is 32.3 Å². The van der Waals surface area contributed by atoms with Crippen LogP contribution in [0.2, 0.25) is 0 Å². The Labute approximate surface area is 104 Å². The molecule has 17 heavy (non-hydrogen) atoms. The molecule has 1 aliphatic heterocycles. The lowest BCUT2D eigenvalue weighted by molar-refractivity contribution is 0.756. The van der Waals surface area contributed by atoms with Crippen LogP contribution in [0.3, 0.4) is 0 Å². The van der Waals surface area contributed by atoms with Gasteiger partial charge in [-0.3, -0.25) is 0 Å². The summed E-state index contributed by atoms with van der Waals surface area (Å²) >= 11 is 0. The zero-order valence-corrected chi connectivity index (χ0v) is 10.9. The van der Waals surface area contributed by atoms with E-state index in [9.17, 15) is 0 Å². The fourth-order valence-corrected chi connectivity index (χ4v) is 2.13. The molecule has 4 nitrogen and oxygen atoms in total. The fourth-order valence-electron chi connectivity index (χ4n) is 2.13. The maximum Gasteiger partial charge on any atom is 0.227 e. The van der Waals surface area contributed by atoms with Crippen molar-refractivity contribution >= 4 is 11.8 Å². The zero-order valence-electron chi connectivity index (χ0n) is 10.9. The summed E-state index contributed by atoms with van der Waals surface area (Å²) in [5.41, 5.74) is 0. The molecule has 0 unspecified atom stereocenters. The Hall–Kier alpha value is -1.32. The van der Waals surface area contributed by atoms with Gasteiger partial charge in [0.25, 0.3) is 0 Å². The molecule has 0 bridgehead atoms. The molecule has 0 radical (unpaired) electrons. The van der Waals surface area contributed by atoms with Crippen LogP contribution in [0.4, 0.5) is 11.8 Å². The van der Waals surface area contributed by atoms with Crippen molar-refractivity contribution in [1.82, 2.24) is 9.97 Å². The Bertz CT molecular complexity index is 347. The Kier molecular flexibility index (Phi) is 4.18. The van der Waals surface area contributed by atoms with Crippen LogP contribution in [-0.4, -0.2) is 36.6 Å². The van der Waals surface area contributed by atoms with Crippen LogP contribution in [0.1, 0.15) is 32.6 Å². The molecule has 0 aliphatic carbocycles. The molecule has 0 saturated carbocycles. The van der Waals surface area contributed by atoms with Crippen LogP contribution < -0.4 is 9.80 Å². The highest BCUT2D eigenvalue weighted by molar-refractivity contribution is 5.43. The van der Waals surface area contributed by atoms with Crippen molar-refractivity contribution < 1.29 is 0 Å². The van der Waals surface area contributed by atoms with E-state index in [4.69, 9.17) is 0 Å². The van der Waals surface area contributed by atoms with E-state index < -0.39 is 0 Å². The molecule has 1 fully saturated rings. The second kappa shape index (κ2) is 5.84. The summed E-state index contributed by atoms with van der Waals surface area (Å²) in [6.45, 7) is 5.47. The molecule has 0 spiro atoms. The third-order valence-electron chi connectivity index (χ3n) is 3.26. The van der Waals surface area contributed by atoms with E-state index in [-0.39, 0.29) is 0 Å². The van der Waals surface area contributed by atoms with Gasteiger partial charge in [-0.25, -0.2) is 4.98 Å². The smallest absolute Gasteiger partial charge is 0.227 e. The second-order valence-electron chi connectivity index (χ2n) is 4.68. The first kappa shape index (κ1) is 12.1. The summed E-state index contributed by atoms with van der Waals surface area (Å²) in [4.78, 5) is 13.5. The first-order valence-electron chi connectivity index (χ1n) is 6.60. The number of unbranched alkanes of at least 4 members (excludes halogenated alkanes) is 1. The predicted molar refractivity (Wildman–Crippen MR) is 71.7 cm³/mol. The van der Waals surface area contributed by atoms with Gasteiger partial charge in [0.05, 0.1) is 0 Å². The molecule has 1 aromatic heterocycles. The molecular weight excluding hydrogens is 212 g/mol. The standard InChI is InChI=1S/C13H22N4/c1-3-4-9-16(2)12-7-8-14-13(15-12)17-10-5-6-11-17/h7-8H,3-6,9-11H2,1-2H3. The Morgan fingerprint density at radius 1 is 1.35 bits per heavy atom. The molecule has 1 aromatic rings. The largest absolute Gasteiger partial charge is 0.360 e. The molecule has 2 rings (SSSR count). The van der Waals surface area contributed by atoms with Crippen molar-refractivity contribution in [3.63, 3.8) is 0 Å². The SMILES string of the molecule is CCCCN(C)c1ccnc(N2CCCC2)n1. The average molecular weight is 234 g/mol. The van der Waals surface area contributed by atoms with Crippen LogP contribution in [0.25, 0.3) is 0 Å². The second-order valence-corrected chi connectivity index (χ2v) is 4.68. The van der Waals surface area contributed by atoms with Gasteiger partial charge in [-0.05, 0) is 25.3 Å². The van der Waals surface area contributed by atoms with Crippen molar-refractivity contribution in [2.75, 3.05) is 36.5 Å². The minimum atomic E-state index is 0.892. The van der Waals surface area contributed by atoms with E-state index in [1.54, 1.807) is 0 Å². The van der Waals surface area contributed by atoms with Gasteiger partial charge < -0.3 is 9.80 Å². The molecule has 4 heteroatoms. The van der Waals surface area contributed by atoms with Crippen LogP contribution >= 0.6 is 0 Å². The van der Waals surface area contributed by atoms with Gasteiger partial charge in [0.1, 0.15) is 5.82 Å². The van der Waals surface area contributed by atoms with Crippen LogP contribution in [0, 0.1) is 0 Å². The lowest BCUT2D eigenvalue weighted by Gasteiger charge is -2.20. The van der Waals surface area contributed by atoms with Gasteiger partial charge in [-0.1, -0.05) is 13.3 Å². The summed E-state index contributed by atoms with van der Waals surface area (Å²) in [5, 5.41) is 0. The van der Waals surface area contributed by atoms with Gasteiger partial charge in [0.15, 0.2) is 0 Å². The highest BCUT2D eigenvalue weighted by atomic mass is 15.3. The molecule has 0 atom stereocenters. The van der Waals surface area contributed by atoms with E-state index in [1.165, 1.54) is 25.7 Å². The Morgan fingerprint density at radius 3 is 2.82 bits per heavy atom. The first-order valence-corrected chi connectivity index (χ1v) is 6.60. The van der Waals surface area contributed by atoms with E-state index in [2.05, 4.69) is 33.7 Å². The highest BCUT2D eigenvalue weighted by Crippen LogP contribution is 2.18. The van der Waals surface area contributed by atoms with Crippen molar-refractivity contribution in [1.29, 1.82) is 0 Å². The number of rotatable bonds is 5. The van der Waals surface area contributed by atoms with E-state index in [0.717, 1.165) is 31.4 Å². The molecule has 94 valence electrons. The van der Waals surface area contributed by atoms with E-state index in [0.29, 0.717) is 0 Å². The third-order valence-corrected chi connectivity index (χ3v) is 3.26. The van der Waals surface area contributed by atoms with Gasteiger partial charge in [0, 0.05) is 32.9 Å². The summed E-state index contributed by atoms with van der Waals surface area (Å²) in [5.74, 6) is 1.93. The van der Waals surface area contributed by atoms with Crippen molar-refractivity contribution in [3.05, 3.63) is 12.3 Å². The Morgan fingerprint density at radius 2 is 2.12 bits per heavy atom. The molecule has 0 amide bonds. The molecule has 1 saturated heterocycles. The molecule has 0 N–H and O–H groups in total. The van der Waals surface area contributed by atoms with Crippen molar-refractivity contribution in [2.24, 2.45) is 0 Å². The van der Waals surface area contributed by atoms with E-state index in [1.807, 2.05) is 12.3 Å². The predicted octanol–water partition coefficient (Wildman–Crippen LogP) is 2.31. The molecule has 2 heterocycles. The number of hydrogen-bond acceptors (Lipinski definition) is 4. The van der Waals surface area contributed by atoms with Crippen LogP contribution in [0.5, 0.6) is 0 Å². The Balaban J connectivity index is 2.05. The minimum absolute atomic E-state index is 0.892. The molecule has 0 aromatic carbocycles. The molecular formula is C13H22N4. The number of hydrogen-bond donors (Lipinski definition) is 0. The summed E-state index contributed by atoms with van der Waals surface area (Å²) in [6.07, 6.45) is 6.82. The van der Waals surface area contributed by atoms with E-state index >= 15 is 0 Å². The monoisotopic (exact) mass is 234 g/mol.